The van der Waals surface area contributed by atoms with Crippen LogP contribution in [0.4, 0.5) is 11.4 Å². The summed E-state index contributed by atoms with van der Waals surface area (Å²) in [5.41, 5.74) is 4.71. The third-order valence-corrected chi connectivity index (χ3v) is 6.08. The van der Waals surface area contributed by atoms with Crippen LogP contribution in [0.3, 0.4) is 0 Å². The summed E-state index contributed by atoms with van der Waals surface area (Å²) in [5.74, 6) is -0.140. The van der Waals surface area contributed by atoms with Crippen LogP contribution in [0.15, 0.2) is 73.1 Å². The molecule has 0 unspecified atom stereocenters. The van der Waals surface area contributed by atoms with Gasteiger partial charge < -0.3 is 5.32 Å². The van der Waals surface area contributed by atoms with Crippen LogP contribution >= 0.6 is 0 Å². The molecule has 0 atom stereocenters. The average Bonchev–Trinajstić information content (AvgIpc) is 2.73. The molecule has 0 spiro atoms. The van der Waals surface area contributed by atoms with E-state index in [1.807, 2.05) is 55.5 Å². The van der Waals surface area contributed by atoms with E-state index in [1.54, 1.807) is 24.5 Å². The van der Waals surface area contributed by atoms with Crippen LogP contribution < -0.4 is 9.62 Å². The molecule has 1 aromatic heterocycles. The van der Waals surface area contributed by atoms with Gasteiger partial charge in [-0.25, -0.2) is 8.42 Å². The average molecular weight is 438 g/mol. The molecular formula is C24H27N3O3S. The summed E-state index contributed by atoms with van der Waals surface area (Å²) in [4.78, 5) is 16.3. The molecule has 162 valence electrons. The van der Waals surface area contributed by atoms with Crippen molar-refractivity contribution >= 4 is 27.3 Å². The van der Waals surface area contributed by atoms with E-state index < -0.39 is 10.0 Å². The molecule has 3 aromatic rings. The molecule has 0 aliphatic carbocycles. The first-order valence-corrected chi connectivity index (χ1v) is 12.0. The van der Waals surface area contributed by atoms with Gasteiger partial charge in [0.2, 0.25) is 15.9 Å². The number of benzene rings is 2. The van der Waals surface area contributed by atoms with Gasteiger partial charge in [0, 0.05) is 31.0 Å². The number of hydrogen-bond acceptors (Lipinski definition) is 4. The Bertz CT molecular complexity index is 1100. The Morgan fingerprint density at radius 2 is 1.55 bits per heavy atom. The highest BCUT2D eigenvalue weighted by atomic mass is 32.2. The smallest absolute Gasteiger partial charge is 0.232 e. The van der Waals surface area contributed by atoms with Crippen LogP contribution in [-0.4, -0.2) is 32.1 Å². The summed E-state index contributed by atoms with van der Waals surface area (Å²) in [7, 11) is -3.42. The second kappa shape index (κ2) is 10.2. The first-order valence-electron chi connectivity index (χ1n) is 10.1. The standard InChI is InChI=1S/C24H27N3O3S/c1-19-5-11-23(12-6-19)27(31(2,29)30)17-3-4-24(28)26-22-9-7-20(8-10-22)18-21-13-15-25-16-14-21/h5-16H,3-4,17-18H2,1-2H3,(H,26,28). The van der Waals surface area contributed by atoms with Crippen molar-refractivity contribution in [2.45, 2.75) is 26.2 Å². The first kappa shape index (κ1) is 22.5. The molecule has 0 saturated heterocycles. The molecule has 0 aliphatic heterocycles. The first-order chi connectivity index (χ1) is 14.8. The predicted molar refractivity (Wildman–Crippen MR) is 125 cm³/mol. The lowest BCUT2D eigenvalue weighted by Gasteiger charge is -2.22. The van der Waals surface area contributed by atoms with Crippen molar-refractivity contribution in [1.82, 2.24) is 4.98 Å². The van der Waals surface area contributed by atoms with Gasteiger partial charge in [0.15, 0.2) is 0 Å². The quantitative estimate of drug-likeness (QED) is 0.545. The van der Waals surface area contributed by atoms with E-state index in [0.717, 1.165) is 23.2 Å². The lowest BCUT2D eigenvalue weighted by Crippen LogP contribution is -2.31. The van der Waals surface area contributed by atoms with E-state index in [1.165, 1.54) is 16.1 Å². The lowest BCUT2D eigenvalue weighted by atomic mass is 10.1. The zero-order valence-corrected chi connectivity index (χ0v) is 18.6. The van der Waals surface area contributed by atoms with Gasteiger partial charge in [0.25, 0.3) is 0 Å². The number of sulfonamides is 1. The Kier molecular flexibility index (Phi) is 7.41. The van der Waals surface area contributed by atoms with Crippen LogP contribution in [-0.2, 0) is 21.2 Å². The van der Waals surface area contributed by atoms with E-state index in [4.69, 9.17) is 0 Å². The number of nitrogens with one attached hydrogen (secondary N) is 1. The zero-order valence-electron chi connectivity index (χ0n) is 17.8. The Labute approximate surface area is 184 Å². The van der Waals surface area contributed by atoms with Crippen molar-refractivity contribution in [3.05, 3.63) is 89.7 Å². The van der Waals surface area contributed by atoms with Crippen molar-refractivity contribution in [3.63, 3.8) is 0 Å². The zero-order chi connectivity index (χ0) is 22.3. The van der Waals surface area contributed by atoms with Gasteiger partial charge in [0.1, 0.15) is 0 Å². The molecule has 6 nitrogen and oxygen atoms in total. The van der Waals surface area contributed by atoms with Gasteiger partial charge in [-0.1, -0.05) is 29.8 Å². The molecule has 0 bridgehead atoms. The van der Waals surface area contributed by atoms with Crippen LogP contribution in [0.5, 0.6) is 0 Å². The monoisotopic (exact) mass is 437 g/mol. The summed E-state index contributed by atoms with van der Waals surface area (Å²) in [6, 6.07) is 19.0. The topological polar surface area (TPSA) is 79.4 Å². The van der Waals surface area contributed by atoms with E-state index in [9.17, 15) is 13.2 Å². The number of aromatic nitrogens is 1. The second-order valence-electron chi connectivity index (χ2n) is 7.55. The molecular weight excluding hydrogens is 410 g/mol. The van der Waals surface area contributed by atoms with Gasteiger partial charge in [-0.3, -0.25) is 14.1 Å². The highest BCUT2D eigenvalue weighted by Gasteiger charge is 2.17. The third kappa shape index (κ3) is 6.93. The number of aryl methyl sites for hydroxylation is 1. The summed E-state index contributed by atoms with van der Waals surface area (Å²) < 4.78 is 25.7. The number of carbonyl (C=O) groups excluding carboxylic acids is 1. The number of anilines is 2. The van der Waals surface area contributed by atoms with E-state index in [-0.39, 0.29) is 18.9 Å². The van der Waals surface area contributed by atoms with Gasteiger partial charge in [-0.2, -0.15) is 0 Å². The second-order valence-corrected chi connectivity index (χ2v) is 9.46. The molecule has 0 fully saturated rings. The Hall–Kier alpha value is -3.19. The maximum Gasteiger partial charge on any atom is 0.232 e. The SMILES string of the molecule is Cc1ccc(N(CCCC(=O)Nc2ccc(Cc3ccncc3)cc2)S(C)(=O)=O)cc1. The van der Waals surface area contributed by atoms with Crippen LogP contribution in [0, 0.1) is 6.92 Å². The molecule has 1 amide bonds. The molecule has 0 radical (unpaired) electrons. The van der Waals surface area contributed by atoms with Crippen molar-refractivity contribution in [2.75, 3.05) is 22.4 Å². The summed E-state index contributed by atoms with van der Waals surface area (Å²) in [5, 5.41) is 2.88. The van der Waals surface area contributed by atoms with Crippen LogP contribution in [0.2, 0.25) is 0 Å². The summed E-state index contributed by atoms with van der Waals surface area (Å²) >= 11 is 0. The fraction of sp³-hybridized carbons (Fsp3) is 0.250. The number of pyridine rings is 1. The highest BCUT2D eigenvalue weighted by Crippen LogP contribution is 2.19. The van der Waals surface area contributed by atoms with Gasteiger partial charge in [-0.15, -0.1) is 0 Å². The van der Waals surface area contributed by atoms with Crippen molar-refractivity contribution < 1.29 is 13.2 Å². The van der Waals surface area contributed by atoms with Crippen LogP contribution in [0.25, 0.3) is 0 Å². The van der Waals surface area contributed by atoms with Crippen LogP contribution in [0.1, 0.15) is 29.5 Å². The third-order valence-electron chi connectivity index (χ3n) is 4.88. The predicted octanol–water partition coefficient (Wildman–Crippen LogP) is 4.17. The van der Waals surface area contributed by atoms with Gasteiger partial charge in [0.05, 0.1) is 11.9 Å². The van der Waals surface area contributed by atoms with E-state index >= 15 is 0 Å². The van der Waals surface area contributed by atoms with Crippen molar-refractivity contribution in [1.29, 1.82) is 0 Å². The minimum Gasteiger partial charge on any atom is -0.326 e. The largest absolute Gasteiger partial charge is 0.326 e. The number of nitrogens with zero attached hydrogens (tertiary/aromatic N) is 2. The van der Waals surface area contributed by atoms with Gasteiger partial charge in [-0.05, 0) is 67.3 Å². The van der Waals surface area contributed by atoms with Gasteiger partial charge >= 0.3 is 0 Å². The minimum atomic E-state index is -3.42. The molecule has 3 rings (SSSR count). The Morgan fingerprint density at radius 1 is 0.935 bits per heavy atom. The van der Waals surface area contributed by atoms with Crippen molar-refractivity contribution in [2.24, 2.45) is 0 Å². The van der Waals surface area contributed by atoms with Crippen molar-refractivity contribution in [3.8, 4) is 0 Å². The minimum absolute atomic E-state index is 0.140. The Balaban J connectivity index is 1.51. The molecule has 1 heterocycles. The maximum absolute atomic E-state index is 12.3. The lowest BCUT2D eigenvalue weighted by molar-refractivity contribution is -0.116. The molecule has 2 aromatic carbocycles. The summed E-state index contributed by atoms with van der Waals surface area (Å²) in [6.07, 6.45) is 6.18. The van der Waals surface area contributed by atoms with E-state index in [2.05, 4.69) is 10.3 Å². The fourth-order valence-electron chi connectivity index (χ4n) is 3.25. The summed E-state index contributed by atoms with van der Waals surface area (Å²) in [6.45, 7) is 2.20. The van der Waals surface area contributed by atoms with E-state index in [0.29, 0.717) is 12.1 Å². The molecule has 31 heavy (non-hydrogen) atoms. The number of hydrogen-bond donors (Lipinski definition) is 1. The molecule has 7 heteroatoms. The maximum atomic E-state index is 12.3. The molecule has 0 aliphatic rings. The highest BCUT2D eigenvalue weighted by molar-refractivity contribution is 7.92. The number of rotatable bonds is 9. The molecule has 1 N–H and O–H groups in total. The number of amides is 1. The number of carbonyl (C=O) groups is 1. The fourth-order valence-corrected chi connectivity index (χ4v) is 4.21. The Morgan fingerprint density at radius 3 is 2.16 bits per heavy atom. The molecule has 0 saturated carbocycles. The normalized spacial score (nSPS) is 11.2.